The fraction of sp³-hybridized carbons (Fsp3) is 0.500. The quantitative estimate of drug-likeness (QED) is 0.804. The lowest BCUT2D eigenvalue weighted by atomic mass is 10.2. The number of hydrogen-bond acceptors (Lipinski definition) is 6. The maximum Gasteiger partial charge on any atom is 0.233 e. The van der Waals surface area contributed by atoms with Crippen LogP contribution in [-0.2, 0) is 4.74 Å². The summed E-state index contributed by atoms with van der Waals surface area (Å²) >= 11 is 0. The molecule has 0 radical (unpaired) electrons. The summed E-state index contributed by atoms with van der Waals surface area (Å²) in [6.45, 7) is 1.90. The molecule has 1 atom stereocenters. The summed E-state index contributed by atoms with van der Waals surface area (Å²) in [4.78, 5) is 5.92. The molecule has 1 fully saturated rings. The molecule has 2 rings (SSSR count). The zero-order valence-electron chi connectivity index (χ0n) is 10.2. The van der Waals surface area contributed by atoms with Crippen molar-refractivity contribution in [1.82, 2.24) is 4.98 Å². The molecular formula is C12H15N3O3. The lowest BCUT2D eigenvalue weighted by Crippen LogP contribution is -2.33. The Bertz CT molecular complexity index is 458. The molecular weight excluding hydrogens is 234 g/mol. The highest BCUT2D eigenvalue weighted by molar-refractivity contribution is 5.63. The largest absolute Gasteiger partial charge is 0.480 e. The van der Waals surface area contributed by atoms with Gasteiger partial charge in [0.15, 0.2) is 0 Å². The van der Waals surface area contributed by atoms with Crippen LogP contribution in [0, 0.1) is 11.3 Å². The molecule has 6 heteroatoms. The smallest absolute Gasteiger partial charge is 0.233 e. The molecule has 0 amide bonds. The van der Waals surface area contributed by atoms with Gasteiger partial charge in [0, 0.05) is 19.3 Å². The van der Waals surface area contributed by atoms with Crippen LogP contribution in [0.2, 0.25) is 0 Å². The van der Waals surface area contributed by atoms with Gasteiger partial charge in [0.1, 0.15) is 11.6 Å². The molecule has 0 aliphatic carbocycles. The van der Waals surface area contributed by atoms with Gasteiger partial charge >= 0.3 is 0 Å². The van der Waals surface area contributed by atoms with Crippen LogP contribution in [0.5, 0.6) is 5.88 Å². The molecule has 1 N–H and O–H groups in total. The number of pyridine rings is 1. The number of aliphatic hydroxyl groups excluding tert-OH is 1. The van der Waals surface area contributed by atoms with E-state index in [4.69, 9.17) is 9.47 Å². The van der Waals surface area contributed by atoms with Crippen molar-refractivity contribution < 1.29 is 14.6 Å². The number of hydrogen-bond donors (Lipinski definition) is 1. The maximum absolute atomic E-state index is 9.71. The van der Waals surface area contributed by atoms with E-state index in [-0.39, 0.29) is 0 Å². The Labute approximate surface area is 105 Å². The van der Waals surface area contributed by atoms with E-state index < -0.39 is 6.10 Å². The van der Waals surface area contributed by atoms with Crippen molar-refractivity contribution in [2.75, 3.05) is 38.3 Å². The highest BCUT2D eigenvalue weighted by atomic mass is 16.5. The first-order valence-electron chi connectivity index (χ1n) is 5.70. The predicted molar refractivity (Wildman–Crippen MR) is 64.5 cm³/mol. The van der Waals surface area contributed by atoms with Gasteiger partial charge in [-0.3, -0.25) is 0 Å². The van der Waals surface area contributed by atoms with Crippen LogP contribution < -0.4 is 9.64 Å². The number of aliphatic hydroxyl groups is 1. The van der Waals surface area contributed by atoms with Gasteiger partial charge in [-0.2, -0.15) is 5.26 Å². The Morgan fingerprint density at radius 3 is 3.22 bits per heavy atom. The van der Waals surface area contributed by atoms with Gasteiger partial charge in [0.25, 0.3) is 0 Å². The number of rotatable bonds is 2. The standard InChI is InChI=1S/C12H15N3O3/c1-17-12-10(6-13)11(2-3-14-12)15-4-5-18-8-9(16)7-15/h2-3,9,16H,4-5,7-8H2,1H3/t9-/m1/s1. The number of aromatic nitrogens is 1. The SMILES string of the molecule is COc1nccc(N2CCOC[C@H](O)C2)c1C#N. The molecule has 1 aliphatic rings. The summed E-state index contributed by atoms with van der Waals surface area (Å²) in [6, 6.07) is 3.85. The number of ether oxygens (including phenoxy) is 2. The molecule has 0 saturated carbocycles. The summed E-state index contributed by atoms with van der Waals surface area (Å²) in [5.41, 5.74) is 1.10. The molecule has 2 heterocycles. The molecule has 1 aliphatic heterocycles. The van der Waals surface area contributed by atoms with Crippen LogP contribution in [0.15, 0.2) is 12.3 Å². The molecule has 6 nitrogen and oxygen atoms in total. The Morgan fingerprint density at radius 2 is 2.50 bits per heavy atom. The second kappa shape index (κ2) is 5.67. The second-order valence-electron chi connectivity index (χ2n) is 4.00. The normalized spacial score (nSPS) is 20.1. The van der Waals surface area contributed by atoms with E-state index in [1.54, 1.807) is 12.3 Å². The average Bonchev–Trinajstić information content (AvgIpc) is 2.62. The van der Waals surface area contributed by atoms with E-state index in [1.807, 2.05) is 4.90 Å². The molecule has 18 heavy (non-hydrogen) atoms. The molecule has 96 valence electrons. The first-order chi connectivity index (χ1) is 8.76. The van der Waals surface area contributed by atoms with Crippen molar-refractivity contribution in [2.45, 2.75) is 6.10 Å². The number of nitriles is 1. The topological polar surface area (TPSA) is 78.6 Å². The molecule has 0 bridgehead atoms. The zero-order valence-corrected chi connectivity index (χ0v) is 10.2. The fourth-order valence-corrected chi connectivity index (χ4v) is 1.97. The van der Waals surface area contributed by atoms with Crippen molar-refractivity contribution in [3.05, 3.63) is 17.8 Å². The third-order valence-electron chi connectivity index (χ3n) is 2.79. The molecule has 1 saturated heterocycles. The maximum atomic E-state index is 9.71. The monoisotopic (exact) mass is 249 g/mol. The van der Waals surface area contributed by atoms with Crippen LogP contribution >= 0.6 is 0 Å². The van der Waals surface area contributed by atoms with Gasteiger partial charge in [0.2, 0.25) is 5.88 Å². The molecule has 1 aromatic rings. The van der Waals surface area contributed by atoms with E-state index in [2.05, 4.69) is 11.1 Å². The van der Waals surface area contributed by atoms with E-state index in [0.29, 0.717) is 43.4 Å². The van der Waals surface area contributed by atoms with Gasteiger partial charge < -0.3 is 19.5 Å². The van der Waals surface area contributed by atoms with Crippen molar-refractivity contribution >= 4 is 5.69 Å². The van der Waals surface area contributed by atoms with Gasteiger partial charge in [-0.1, -0.05) is 0 Å². The number of β-amino-alcohol motifs (C(OH)–C–C–N with tert-alkyl or cyclic N) is 1. The van der Waals surface area contributed by atoms with Crippen molar-refractivity contribution in [1.29, 1.82) is 5.26 Å². The summed E-state index contributed by atoms with van der Waals surface area (Å²) in [5, 5.41) is 18.9. The molecule has 0 unspecified atom stereocenters. The van der Waals surface area contributed by atoms with Crippen molar-refractivity contribution in [3.63, 3.8) is 0 Å². The molecule has 0 aromatic carbocycles. The molecule has 0 spiro atoms. The summed E-state index contributed by atoms with van der Waals surface area (Å²) < 4.78 is 10.3. The first-order valence-corrected chi connectivity index (χ1v) is 5.70. The van der Waals surface area contributed by atoms with Crippen molar-refractivity contribution in [3.8, 4) is 11.9 Å². The molecule has 1 aromatic heterocycles. The average molecular weight is 249 g/mol. The third-order valence-corrected chi connectivity index (χ3v) is 2.79. The summed E-state index contributed by atoms with van der Waals surface area (Å²) in [7, 11) is 1.48. The van der Waals surface area contributed by atoms with Gasteiger partial charge in [-0.15, -0.1) is 0 Å². The van der Waals surface area contributed by atoms with Crippen LogP contribution in [0.4, 0.5) is 5.69 Å². The minimum Gasteiger partial charge on any atom is -0.480 e. The fourth-order valence-electron chi connectivity index (χ4n) is 1.97. The highest BCUT2D eigenvalue weighted by Crippen LogP contribution is 2.26. The van der Waals surface area contributed by atoms with Gasteiger partial charge in [0.05, 0.1) is 32.1 Å². The highest BCUT2D eigenvalue weighted by Gasteiger charge is 2.21. The minimum atomic E-state index is -0.557. The van der Waals surface area contributed by atoms with Gasteiger partial charge in [-0.25, -0.2) is 4.98 Å². The minimum absolute atomic E-state index is 0.301. The third kappa shape index (κ3) is 2.53. The van der Waals surface area contributed by atoms with Gasteiger partial charge in [-0.05, 0) is 6.07 Å². The zero-order chi connectivity index (χ0) is 13.0. The predicted octanol–water partition coefficient (Wildman–Crippen LogP) is 0.159. The first kappa shape index (κ1) is 12.6. The van der Waals surface area contributed by atoms with Crippen LogP contribution in [0.1, 0.15) is 5.56 Å². The van der Waals surface area contributed by atoms with Crippen LogP contribution in [-0.4, -0.2) is 49.6 Å². The lowest BCUT2D eigenvalue weighted by Gasteiger charge is -2.24. The van der Waals surface area contributed by atoms with E-state index >= 15 is 0 Å². The Balaban J connectivity index is 2.34. The Hall–Kier alpha value is -1.84. The number of methoxy groups -OCH3 is 1. The second-order valence-corrected chi connectivity index (χ2v) is 4.00. The van der Waals surface area contributed by atoms with E-state index in [1.165, 1.54) is 7.11 Å². The summed E-state index contributed by atoms with van der Waals surface area (Å²) in [5.74, 6) is 0.301. The Kier molecular flexibility index (Phi) is 3.97. The van der Waals surface area contributed by atoms with Crippen LogP contribution in [0.25, 0.3) is 0 Å². The van der Waals surface area contributed by atoms with E-state index in [0.717, 1.165) is 0 Å². The van der Waals surface area contributed by atoms with Crippen LogP contribution in [0.3, 0.4) is 0 Å². The van der Waals surface area contributed by atoms with Crippen molar-refractivity contribution in [2.24, 2.45) is 0 Å². The Morgan fingerprint density at radius 1 is 1.67 bits per heavy atom. The lowest BCUT2D eigenvalue weighted by molar-refractivity contribution is 0.0597. The summed E-state index contributed by atoms with van der Waals surface area (Å²) in [6.07, 6.45) is 1.03. The number of anilines is 1. The van der Waals surface area contributed by atoms with E-state index in [9.17, 15) is 10.4 Å². The number of nitrogens with zero attached hydrogens (tertiary/aromatic N) is 3.